The number of halogens is 4. The van der Waals surface area contributed by atoms with Crippen LogP contribution in [0.5, 0.6) is 11.5 Å². The van der Waals surface area contributed by atoms with E-state index in [0.29, 0.717) is 67.7 Å². The molecule has 2 heterocycles. The lowest BCUT2D eigenvalue weighted by Crippen LogP contribution is -2.43. The fraction of sp³-hybridized carbons (Fsp3) is 0.444. The Kier molecular flexibility index (Phi) is 8.51. The molecule has 1 fully saturated rings. The van der Waals surface area contributed by atoms with Crippen LogP contribution in [0.3, 0.4) is 0 Å². The molecule has 1 aliphatic rings. The highest BCUT2D eigenvalue weighted by atomic mass is 19.1. The third-order valence-corrected chi connectivity index (χ3v) is 7.22. The van der Waals surface area contributed by atoms with Crippen molar-refractivity contribution in [2.75, 3.05) is 40.0 Å². The van der Waals surface area contributed by atoms with Gasteiger partial charge in [-0.2, -0.15) is 0 Å². The molecule has 10 heteroatoms. The summed E-state index contributed by atoms with van der Waals surface area (Å²) in [4.78, 5) is 6.14. The number of aliphatic hydroxyl groups excluding tert-OH is 2. The quantitative estimate of drug-likeness (QED) is 0.374. The van der Waals surface area contributed by atoms with Crippen molar-refractivity contribution < 1.29 is 37.2 Å². The minimum atomic E-state index is -1.09. The topological polar surface area (TPSA) is 75.0 Å². The predicted octanol–water partition coefficient (Wildman–Crippen LogP) is 4.77. The van der Waals surface area contributed by atoms with Gasteiger partial charge in [0.05, 0.1) is 24.9 Å². The maximum absolute atomic E-state index is 14.7. The summed E-state index contributed by atoms with van der Waals surface area (Å²) in [6, 6.07) is 6.21. The summed E-state index contributed by atoms with van der Waals surface area (Å²) in [5.41, 5.74) is 0.265. The second-order valence-corrected chi connectivity index (χ2v) is 9.50. The molecule has 4 rings (SSSR count). The first kappa shape index (κ1) is 27.1. The van der Waals surface area contributed by atoms with Crippen molar-refractivity contribution in [2.45, 2.75) is 31.8 Å². The van der Waals surface area contributed by atoms with Gasteiger partial charge in [-0.15, -0.1) is 0 Å². The SMILES string of the molecule is COc1ccc2ncc(F)c([C@@H](O)CCC3(CO)CCN(CCOc4c(F)cc(F)cc4F)CC3)c2c1. The summed E-state index contributed by atoms with van der Waals surface area (Å²) in [6.45, 7) is 1.55. The number of aromatic nitrogens is 1. The molecule has 0 saturated carbocycles. The lowest BCUT2D eigenvalue weighted by atomic mass is 9.74. The van der Waals surface area contributed by atoms with Crippen LogP contribution in [0.15, 0.2) is 36.5 Å². The van der Waals surface area contributed by atoms with Crippen LogP contribution in [0.25, 0.3) is 10.9 Å². The fourth-order valence-electron chi connectivity index (χ4n) is 4.90. The number of ether oxygens (including phenoxy) is 2. The van der Waals surface area contributed by atoms with Crippen molar-refractivity contribution in [3.8, 4) is 11.5 Å². The van der Waals surface area contributed by atoms with E-state index in [0.717, 1.165) is 6.20 Å². The van der Waals surface area contributed by atoms with Gasteiger partial charge in [-0.25, -0.2) is 17.6 Å². The Labute approximate surface area is 212 Å². The van der Waals surface area contributed by atoms with Crippen LogP contribution in [0.4, 0.5) is 17.6 Å². The van der Waals surface area contributed by atoms with E-state index in [-0.39, 0.29) is 25.2 Å². The van der Waals surface area contributed by atoms with Gasteiger partial charge in [0.2, 0.25) is 0 Å². The molecule has 2 aromatic carbocycles. The number of pyridine rings is 1. The van der Waals surface area contributed by atoms with Crippen molar-refractivity contribution >= 4 is 10.9 Å². The summed E-state index contributed by atoms with van der Waals surface area (Å²) >= 11 is 0. The summed E-state index contributed by atoms with van der Waals surface area (Å²) in [5.74, 6) is -3.87. The number of likely N-dealkylation sites (tertiary alicyclic amines) is 1. The molecule has 1 saturated heterocycles. The molecule has 0 amide bonds. The molecule has 0 aliphatic carbocycles. The highest BCUT2D eigenvalue weighted by Gasteiger charge is 2.35. The molecule has 0 bridgehead atoms. The third-order valence-electron chi connectivity index (χ3n) is 7.22. The number of hydrogen-bond acceptors (Lipinski definition) is 6. The third kappa shape index (κ3) is 6.14. The van der Waals surface area contributed by atoms with Gasteiger partial charge in [-0.3, -0.25) is 9.88 Å². The average Bonchev–Trinajstić information content (AvgIpc) is 2.89. The number of rotatable bonds is 10. The van der Waals surface area contributed by atoms with Crippen LogP contribution < -0.4 is 9.47 Å². The van der Waals surface area contributed by atoms with Gasteiger partial charge < -0.3 is 19.7 Å². The number of fused-ring (bicyclic) bond motifs is 1. The van der Waals surface area contributed by atoms with Crippen LogP contribution >= 0.6 is 0 Å². The normalized spacial score (nSPS) is 16.6. The number of hydrogen-bond donors (Lipinski definition) is 2. The highest BCUT2D eigenvalue weighted by molar-refractivity contribution is 5.84. The summed E-state index contributed by atoms with van der Waals surface area (Å²) in [6.07, 6.45) is 1.99. The van der Waals surface area contributed by atoms with Crippen molar-refractivity contribution in [3.63, 3.8) is 0 Å². The molecule has 200 valence electrons. The van der Waals surface area contributed by atoms with E-state index in [9.17, 15) is 27.8 Å². The van der Waals surface area contributed by atoms with Crippen LogP contribution in [-0.2, 0) is 0 Å². The highest BCUT2D eigenvalue weighted by Crippen LogP contribution is 2.39. The van der Waals surface area contributed by atoms with Crippen LogP contribution in [-0.4, -0.2) is 60.1 Å². The molecule has 6 nitrogen and oxygen atoms in total. The molecule has 0 unspecified atom stereocenters. The first-order chi connectivity index (χ1) is 17.7. The molecule has 0 radical (unpaired) electrons. The Hall–Kier alpha value is -2.95. The van der Waals surface area contributed by atoms with Crippen molar-refractivity contribution in [2.24, 2.45) is 5.41 Å². The van der Waals surface area contributed by atoms with Gasteiger partial charge in [0, 0.05) is 36.2 Å². The molecular formula is C27H30F4N2O4. The van der Waals surface area contributed by atoms with E-state index in [1.54, 1.807) is 18.2 Å². The molecule has 1 aromatic heterocycles. The van der Waals surface area contributed by atoms with Gasteiger partial charge >= 0.3 is 0 Å². The maximum Gasteiger partial charge on any atom is 0.190 e. The standard InChI is InChI=1S/C27H30F4N2O4/c1-36-18-2-3-23-19(14-18)25(22(31)15-32-23)24(35)4-5-27(16-34)6-8-33(9-7-27)10-11-37-26-20(29)12-17(28)13-21(26)30/h2-3,12-15,24,34-35H,4-11,16H2,1H3/t24-/m0/s1. The molecule has 1 atom stereocenters. The smallest absolute Gasteiger partial charge is 0.190 e. The van der Waals surface area contributed by atoms with E-state index in [1.165, 1.54) is 7.11 Å². The predicted molar refractivity (Wildman–Crippen MR) is 129 cm³/mol. The minimum Gasteiger partial charge on any atom is -0.497 e. The van der Waals surface area contributed by atoms with Gasteiger partial charge in [-0.05, 0) is 62.4 Å². The number of nitrogens with zero attached hydrogens (tertiary/aromatic N) is 2. The Balaban J connectivity index is 1.33. The summed E-state index contributed by atoms with van der Waals surface area (Å²) < 4.78 is 65.7. The summed E-state index contributed by atoms with van der Waals surface area (Å²) in [5, 5.41) is 21.6. The molecular weight excluding hydrogens is 492 g/mol. The second-order valence-electron chi connectivity index (χ2n) is 9.50. The lowest BCUT2D eigenvalue weighted by Gasteiger charge is -2.41. The van der Waals surface area contributed by atoms with Crippen molar-refractivity contribution in [1.29, 1.82) is 0 Å². The number of piperidine rings is 1. The van der Waals surface area contributed by atoms with E-state index in [1.807, 2.05) is 4.90 Å². The zero-order chi connectivity index (χ0) is 26.6. The molecule has 3 aromatic rings. The van der Waals surface area contributed by atoms with Crippen LogP contribution in [0.1, 0.15) is 37.4 Å². The molecule has 37 heavy (non-hydrogen) atoms. The molecule has 2 N–H and O–H groups in total. The maximum atomic E-state index is 14.7. The second kappa shape index (κ2) is 11.6. The average molecular weight is 523 g/mol. The summed E-state index contributed by atoms with van der Waals surface area (Å²) in [7, 11) is 1.51. The first-order valence-electron chi connectivity index (χ1n) is 12.2. The largest absolute Gasteiger partial charge is 0.497 e. The molecule has 1 aliphatic heterocycles. The van der Waals surface area contributed by atoms with Crippen molar-refractivity contribution in [1.82, 2.24) is 9.88 Å². The van der Waals surface area contributed by atoms with E-state index in [4.69, 9.17) is 9.47 Å². The van der Waals surface area contributed by atoms with Crippen LogP contribution in [0, 0.1) is 28.7 Å². The van der Waals surface area contributed by atoms with Gasteiger partial charge in [0.15, 0.2) is 17.4 Å². The van der Waals surface area contributed by atoms with E-state index >= 15 is 0 Å². The Morgan fingerprint density at radius 1 is 1.05 bits per heavy atom. The van der Waals surface area contributed by atoms with Crippen LogP contribution in [0.2, 0.25) is 0 Å². The van der Waals surface area contributed by atoms with E-state index in [2.05, 4.69) is 4.98 Å². The monoisotopic (exact) mass is 522 g/mol. The zero-order valence-corrected chi connectivity index (χ0v) is 20.5. The van der Waals surface area contributed by atoms with Gasteiger partial charge in [0.1, 0.15) is 24.0 Å². The Morgan fingerprint density at radius 3 is 2.41 bits per heavy atom. The minimum absolute atomic E-state index is 0.0160. The Morgan fingerprint density at radius 2 is 1.76 bits per heavy atom. The van der Waals surface area contributed by atoms with Crippen molar-refractivity contribution in [3.05, 3.63) is 65.4 Å². The van der Waals surface area contributed by atoms with E-state index < -0.39 is 40.5 Å². The zero-order valence-electron chi connectivity index (χ0n) is 20.5. The molecule has 0 spiro atoms. The van der Waals surface area contributed by atoms with Gasteiger partial charge in [-0.1, -0.05) is 0 Å². The number of aliphatic hydroxyl groups is 2. The lowest BCUT2D eigenvalue weighted by molar-refractivity contribution is 0.0199. The fourth-order valence-corrected chi connectivity index (χ4v) is 4.90. The number of benzene rings is 2. The van der Waals surface area contributed by atoms with Gasteiger partial charge in [0.25, 0.3) is 0 Å². The Bertz CT molecular complexity index is 1210. The number of methoxy groups -OCH3 is 1. The first-order valence-corrected chi connectivity index (χ1v) is 12.2.